The van der Waals surface area contributed by atoms with Crippen molar-refractivity contribution in [2.24, 2.45) is 0 Å². The van der Waals surface area contributed by atoms with Crippen LogP contribution in [0.25, 0.3) is 0 Å². The second-order valence-corrected chi connectivity index (χ2v) is 12.3. The number of carbonyl (C=O) groups excluding carboxylic acids is 1. The SMILES string of the molecule is COc1ccc(S(=O)(=O)N2CCCCC2)cc1NC(=O)CCCN(c1ccc(F)c(F)c1)S(C)(=O)=O. The molecule has 3 rings (SSSR count). The Bertz CT molecular complexity index is 1310. The summed E-state index contributed by atoms with van der Waals surface area (Å²) in [5.41, 5.74) is 0.107. The van der Waals surface area contributed by atoms with Gasteiger partial charge in [-0.15, -0.1) is 0 Å². The van der Waals surface area contributed by atoms with Crippen LogP contribution in [0, 0.1) is 11.6 Å². The Labute approximate surface area is 210 Å². The molecular weight excluding hydrogens is 516 g/mol. The lowest BCUT2D eigenvalue weighted by molar-refractivity contribution is -0.116. The highest BCUT2D eigenvalue weighted by Gasteiger charge is 2.27. The van der Waals surface area contributed by atoms with Crippen LogP contribution in [0.2, 0.25) is 0 Å². The Kier molecular flexibility index (Phi) is 8.90. The van der Waals surface area contributed by atoms with E-state index in [-0.39, 0.29) is 41.4 Å². The van der Waals surface area contributed by atoms with Crippen molar-refractivity contribution in [1.82, 2.24) is 4.31 Å². The minimum atomic E-state index is -3.83. The van der Waals surface area contributed by atoms with Crippen molar-refractivity contribution in [1.29, 1.82) is 0 Å². The third-order valence-electron chi connectivity index (χ3n) is 5.75. The summed E-state index contributed by atoms with van der Waals surface area (Å²) < 4.78 is 84.8. The van der Waals surface area contributed by atoms with Gasteiger partial charge in [0.25, 0.3) is 0 Å². The molecule has 1 saturated heterocycles. The van der Waals surface area contributed by atoms with Crippen molar-refractivity contribution in [2.75, 3.05) is 42.6 Å². The molecule has 13 heteroatoms. The van der Waals surface area contributed by atoms with E-state index in [9.17, 15) is 30.4 Å². The van der Waals surface area contributed by atoms with Gasteiger partial charge in [0.1, 0.15) is 5.75 Å². The average molecular weight is 546 g/mol. The minimum Gasteiger partial charge on any atom is -0.495 e. The van der Waals surface area contributed by atoms with Crippen LogP contribution in [0.15, 0.2) is 41.3 Å². The van der Waals surface area contributed by atoms with Gasteiger partial charge in [0.15, 0.2) is 11.6 Å². The molecule has 9 nitrogen and oxygen atoms in total. The van der Waals surface area contributed by atoms with E-state index in [2.05, 4.69) is 5.32 Å². The predicted molar refractivity (Wildman–Crippen MR) is 132 cm³/mol. The van der Waals surface area contributed by atoms with Crippen LogP contribution in [0.1, 0.15) is 32.1 Å². The molecule has 198 valence electrons. The summed E-state index contributed by atoms with van der Waals surface area (Å²) in [6, 6.07) is 6.96. The van der Waals surface area contributed by atoms with Gasteiger partial charge in [-0.2, -0.15) is 4.31 Å². The summed E-state index contributed by atoms with van der Waals surface area (Å²) in [7, 11) is -6.17. The van der Waals surface area contributed by atoms with Gasteiger partial charge in [0.2, 0.25) is 26.0 Å². The topological polar surface area (TPSA) is 113 Å². The van der Waals surface area contributed by atoms with Crippen LogP contribution < -0.4 is 14.4 Å². The third-order valence-corrected chi connectivity index (χ3v) is 8.84. The van der Waals surface area contributed by atoms with E-state index < -0.39 is 37.6 Å². The first-order valence-corrected chi connectivity index (χ1v) is 14.6. The van der Waals surface area contributed by atoms with Crippen LogP contribution in [-0.4, -0.2) is 60.0 Å². The fourth-order valence-corrected chi connectivity index (χ4v) is 6.42. The number of ether oxygens (including phenoxy) is 1. The quantitative estimate of drug-likeness (QED) is 0.490. The summed E-state index contributed by atoms with van der Waals surface area (Å²) >= 11 is 0. The van der Waals surface area contributed by atoms with Gasteiger partial charge in [0.05, 0.1) is 29.6 Å². The summed E-state index contributed by atoms with van der Waals surface area (Å²) in [6.45, 7) is 0.716. The minimum absolute atomic E-state index is 0.0297. The van der Waals surface area contributed by atoms with E-state index in [1.54, 1.807) is 0 Å². The maximum atomic E-state index is 13.6. The van der Waals surface area contributed by atoms with Crippen molar-refractivity contribution in [2.45, 2.75) is 37.0 Å². The van der Waals surface area contributed by atoms with Gasteiger partial charge in [-0.05, 0) is 49.6 Å². The Morgan fingerprint density at radius 2 is 1.72 bits per heavy atom. The molecule has 0 unspecified atom stereocenters. The van der Waals surface area contributed by atoms with Crippen LogP contribution in [0.5, 0.6) is 5.75 Å². The highest BCUT2D eigenvalue weighted by Crippen LogP contribution is 2.30. The third kappa shape index (κ3) is 6.71. The van der Waals surface area contributed by atoms with Gasteiger partial charge >= 0.3 is 0 Å². The summed E-state index contributed by atoms with van der Waals surface area (Å²) in [4.78, 5) is 12.6. The van der Waals surface area contributed by atoms with E-state index in [1.807, 2.05) is 0 Å². The van der Waals surface area contributed by atoms with E-state index in [0.717, 1.165) is 48.0 Å². The molecule has 2 aromatic carbocycles. The molecule has 0 bridgehead atoms. The summed E-state index contributed by atoms with van der Waals surface area (Å²) in [6.07, 6.45) is 3.41. The molecule has 0 spiro atoms. The zero-order chi connectivity index (χ0) is 26.5. The Morgan fingerprint density at radius 1 is 1.03 bits per heavy atom. The smallest absolute Gasteiger partial charge is 0.243 e. The number of sulfonamides is 2. The van der Waals surface area contributed by atoms with Crippen molar-refractivity contribution < 1.29 is 35.1 Å². The molecule has 0 saturated carbocycles. The van der Waals surface area contributed by atoms with E-state index in [1.165, 1.54) is 29.6 Å². The summed E-state index contributed by atoms with van der Waals surface area (Å²) in [5.74, 6) is -2.53. The van der Waals surface area contributed by atoms with Gasteiger partial charge in [-0.1, -0.05) is 6.42 Å². The first-order valence-electron chi connectivity index (χ1n) is 11.3. The number of methoxy groups -OCH3 is 1. The number of hydrogen-bond donors (Lipinski definition) is 1. The maximum absolute atomic E-state index is 13.6. The molecule has 1 heterocycles. The second-order valence-electron chi connectivity index (χ2n) is 8.41. The van der Waals surface area contributed by atoms with Crippen LogP contribution in [-0.2, 0) is 24.8 Å². The first-order chi connectivity index (χ1) is 16.9. The molecule has 0 atom stereocenters. The normalized spacial score (nSPS) is 14.9. The number of halogens is 2. The first kappa shape index (κ1) is 27.8. The molecule has 0 aliphatic carbocycles. The van der Waals surface area contributed by atoms with Crippen LogP contribution in [0.4, 0.5) is 20.2 Å². The number of nitrogens with zero attached hydrogens (tertiary/aromatic N) is 2. The largest absolute Gasteiger partial charge is 0.495 e. The molecule has 1 aliphatic heterocycles. The molecule has 0 radical (unpaired) electrons. The number of hydrogen-bond acceptors (Lipinski definition) is 6. The number of amides is 1. The lowest BCUT2D eigenvalue weighted by Crippen LogP contribution is -2.35. The Hall–Kier alpha value is -2.77. The van der Waals surface area contributed by atoms with E-state index in [0.29, 0.717) is 13.1 Å². The number of rotatable bonds is 10. The number of piperidine rings is 1. The highest BCUT2D eigenvalue weighted by atomic mass is 32.2. The Morgan fingerprint density at radius 3 is 2.33 bits per heavy atom. The monoisotopic (exact) mass is 545 g/mol. The fourth-order valence-electron chi connectivity index (χ4n) is 3.92. The molecule has 0 aromatic heterocycles. The van der Waals surface area contributed by atoms with Crippen molar-refractivity contribution in [3.8, 4) is 5.75 Å². The average Bonchev–Trinajstić information content (AvgIpc) is 2.83. The second kappa shape index (κ2) is 11.5. The fraction of sp³-hybridized carbons (Fsp3) is 0.435. The standard InChI is InChI=1S/C23H29F2N3O6S2/c1-34-22-11-9-18(36(32,33)27-12-4-3-5-13-27)16-21(22)26-23(29)7-6-14-28(35(2,30)31)17-8-10-19(24)20(25)15-17/h8-11,15-16H,3-7,12-14H2,1-2H3,(H,26,29). The van der Waals surface area contributed by atoms with Crippen LogP contribution in [0.3, 0.4) is 0 Å². The molecule has 1 amide bonds. The molecular formula is C23H29F2N3O6S2. The predicted octanol–water partition coefficient (Wildman–Crippen LogP) is 3.33. The highest BCUT2D eigenvalue weighted by molar-refractivity contribution is 7.92. The van der Waals surface area contributed by atoms with E-state index >= 15 is 0 Å². The van der Waals surface area contributed by atoms with Gasteiger partial charge in [0, 0.05) is 32.1 Å². The number of anilines is 2. The number of carbonyl (C=O) groups is 1. The lowest BCUT2D eigenvalue weighted by Gasteiger charge is -2.26. The zero-order valence-corrected chi connectivity index (χ0v) is 21.7. The Balaban J connectivity index is 1.70. The number of nitrogens with one attached hydrogen (secondary N) is 1. The van der Waals surface area contributed by atoms with Crippen LogP contribution >= 0.6 is 0 Å². The molecule has 1 fully saturated rings. The van der Waals surface area contributed by atoms with E-state index in [4.69, 9.17) is 4.74 Å². The number of benzene rings is 2. The molecule has 2 aromatic rings. The maximum Gasteiger partial charge on any atom is 0.243 e. The van der Waals surface area contributed by atoms with Crippen molar-refractivity contribution in [3.63, 3.8) is 0 Å². The molecule has 1 aliphatic rings. The molecule has 1 N–H and O–H groups in total. The van der Waals surface area contributed by atoms with Crippen molar-refractivity contribution in [3.05, 3.63) is 48.0 Å². The van der Waals surface area contributed by atoms with Crippen molar-refractivity contribution >= 4 is 37.3 Å². The summed E-state index contributed by atoms with van der Waals surface area (Å²) in [5, 5.41) is 2.62. The van der Waals surface area contributed by atoms with Gasteiger partial charge < -0.3 is 10.1 Å². The van der Waals surface area contributed by atoms with Gasteiger partial charge in [-0.3, -0.25) is 9.10 Å². The zero-order valence-electron chi connectivity index (χ0n) is 20.0. The van der Waals surface area contributed by atoms with Gasteiger partial charge in [-0.25, -0.2) is 25.6 Å². The lowest BCUT2D eigenvalue weighted by atomic mass is 10.2. The molecule has 36 heavy (non-hydrogen) atoms.